The van der Waals surface area contributed by atoms with Crippen molar-refractivity contribution in [2.24, 2.45) is 0 Å². The number of hydrogen-bond acceptors (Lipinski definition) is 5. The molecule has 0 atom stereocenters. The van der Waals surface area contributed by atoms with E-state index in [1.165, 1.54) is 7.11 Å². The van der Waals surface area contributed by atoms with Gasteiger partial charge in [-0.1, -0.05) is 11.6 Å². The van der Waals surface area contributed by atoms with Crippen LogP contribution in [0.5, 0.6) is 11.5 Å². The summed E-state index contributed by atoms with van der Waals surface area (Å²) in [6, 6.07) is 12.2. The minimum Gasteiger partial charge on any atom is -0.497 e. The summed E-state index contributed by atoms with van der Waals surface area (Å²) >= 11 is 6.13. The van der Waals surface area contributed by atoms with Crippen LogP contribution in [0.2, 0.25) is 5.02 Å². The predicted molar refractivity (Wildman–Crippen MR) is 99.2 cm³/mol. The number of anilines is 1. The number of methoxy groups -OCH3 is 2. The molecule has 134 valence electrons. The summed E-state index contributed by atoms with van der Waals surface area (Å²) in [6.45, 7) is 1.68. The van der Waals surface area contributed by atoms with Crippen LogP contribution in [-0.4, -0.2) is 25.1 Å². The Kier molecular flexibility index (Phi) is 5.14. The number of carbonyl (C=O) groups excluding carboxylic acids is 1. The highest BCUT2D eigenvalue weighted by molar-refractivity contribution is 6.34. The maximum atomic E-state index is 12.6. The third-order valence-corrected chi connectivity index (χ3v) is 4.10. The Hall–Kier alpha value is -2.99. The van der Waals surface area contributed by atoms with E-state index in [1.807, 2.05) is 12.1 Å². The van der Waals surface area contributed by atoms with E-state index < -0.39 is 5.91 Å². The average molecular weight is 373 g/mol. The standard InChI is InChI=1S/C19H17ClN2O4/c1-11-17(18(23)21-16-10-14(25-3)8-9-15(16)20)22-19(26-11)12-4-6-13(24-2)7-5-12/h4-10H,1-3H3,(H,21,23). The zero-order chi connectivity index (χ0) is 18.7. The molecule has 0 radical (unpaired) electrons. The van der Waals surface area contributed by atoms with E-state index in [2.05, 4.69) is 10.3 Å². The number of benzene rings is 2. The number of rotatable bonds is 5. The van der Waals surface area contributed by atoms with Crippen LogP contribution >= 0.6 is 11.6 Å². The first-order valence-electron chi connectivity index (χ1n) is 7.78. The number of aryl methyl sites for hydroxylation is 1. The van der Waals surface area contributed by atoms with Crippen LogP contribution in [0.25, 0.3) is 11.5 Å². The molecule has 0 saturated heterocycles. The molecule has 1 heterocycles. The zero-order valence-electron chi connectivity index (χ0n) is 14.5. The quantitative estimate of drug-likeness (QED) is 0.710. The van der Waals surface area contributed by atoms with Gasteiger partial charge in [0.05, 0.1) is 24.9 Å². The minimum atomic E-state index is -0.416. The molecule has 1 aromatic heterocycles. The molecule has 0 aliphatic rings. The van der Waals surface area contributed by atoms with E-state index in [-0.39, 0.29) is 5.69 Å². The Bertz CT molecular complexity index is 935. The van der Waals surface area contributed by atoms with Gasteiger partial charge in [0.1, 0.15) is 17.3 Å². The van der Waals surface area contributed by atoms with Gasteiger partial charge in [-0.15, -0.1) is 0 Å². The number of carbonyl (C=O) groups is 1. The first kappa shape index (κ1) is 17.8. The topological polar surface area (TPSA) is 73.6 Å². The van der Waals surface area contributed by atoms with Crippen LogP contribution in [0, 0.1) is 6.92 Å². The summed E-state index contributed by atoms with van der Waals surface area (Å²) in [5, 5.41) is 3.13. The van der Waals surface area contributed by atoms with Crippen molar-refractivity contribution >= 4 is 23.2 Å². The zero-order valence-corrected chi connectivity index (χ0v) is 15.3. The number of hydrogen-bond donors (Lipinski definition) is 1. The maximum Gasteiger partial charge on any atom is 0.277 e. The van der Waals surface area contributed by atoms with E-state index in [9.17, 15) is 4.79 Å². The number of halogens is 1. The van der Waals surface area contributed by atoms with Crippen molar-refractivity contribution in [3.05, 3.63) is 58.9 Å². The van der Waals surface area contributed by atoms with Crippen LogP contribution in [0.4, 0.5) is 5.69 Å². The number of nitrogens with one attached hydrogen (secondary N) is 1. The first-order valence-corrected chi connectivity index (χ1v) is 8.16. The molecule has 0 aliphatic carbocycles. The van der Waals surface area contributed by atoms with Crippen LogP contribution in [-0.2, 0) is 0 Å². The predicted octanol–water partition coefficient (Wildman–Crippen LogP) is 4.57. The van der Waals surface area contributed by atoms with Gasteiger partial charge in [0.15, 0.2) is 5.69 Å². The van der Waals surface area contributed by atoms with Crippen LogP contribution in [0.1, 0.15) is 16.2 Å². The Morgan fingerprint density at radius 1 is 1.08 bits per heavy atom. The van der Waals surface area contributed by atoms with Gasteiger partial charge in [-0.05, 0) is 43.3 Å². The number of amides is 1. The average Bonchev–Trinajstić information content (AvgIpc) is 3.05. The first-order chi connectivity index (χ1) is 12.5. The van der Waals surface area contributed by atoms with Gasteiger partial charge < -0.3 is 19.2 Å². The summed E-state index contributed by atoms with van der Waals surface area (Å²) in [5.74, 6) is 1.66. The second-order valence-electron chi connectivity index (χ2n) is 5.45. The lowest BCUT2D eigenvalue weighted by molar-refractivity contribution is 0.102. The lowest BCUT2D eigenvalue weighted by atomic mass is 10.2. The SMILES string of the molecule is COc1ccc(-c2nc(C(=O)Nc3cc(OC)ccc3Cl)c(C)o2)cc1. The highest BCUT2D eigenvalue weighted by Gasteiger charge is 2.19. The third-order valence-electron chi connectivity index (χ3n) is 3.77. The monoisotopic (exact) mass is 372 g/mol. The third kappa shape index (κ3) is 3.65. The van der Waals surface area contributed by atoms with Crippen LogP contribution in [0.3, 0.4) is 0 Å². The number of ether oxygens (including phenoxy) is 2. The van der Waals surface area contributed by atoms with Gasteiger partial charge in [-0.3, -0.25) is 4.79 Å². The fourth-order valence-corrected chi connectivity index (χ4v) is 2.54. The van der Waals surface area contributed by atoms with Crippen LogP contribution in [0.15, 0.2) is 46.9 Å². The Morgan fingerprint density at radius 3 is 2.38 bits per heavy atom. The molecule has 1 amide bonds. The molecule has 0 saturated carbocycles. The van der Waals surface area contributed by atoms with Gasteiger partial charge in [0.25, 0.3) is 5.91 Å². The van der Waals surface area contributed by atoms with E-state index in [0.717, 1.165) is 11.3 Å². The second-order valence-corrected chi connectivity index (χ2v) is 5.86. The fourth-order valence-electron chi connectivity index (χ4n) is 2.37. The lowest BCUT2D eigenvalue weighted by Crippen LogP contribution is -2.14. The lowest BCUT2D eigenvalue weighted by Gasteiger charge is -2.08. The van der Waals surface area contributed by atoms with E-state index in [0.29, 0.717) is 28.1 Å². The summed E-state index contributed by atoms with van der Waals surface area (Å²) in [6.07, 6.45) is 0. The molecule has 0 fully saturated rings. The van der Waals surface area contributed by atoms with Crippen molar-refractivity contribution in [1.82, 2.24) is 4.98 Å². The molecule has 0 bridgehead atoms. The molecule has 6 nitrogen and oxygen atoms in total. The number of oxazole rings is 1. The molecule has 3 rings (SSSR count). The van der Waals surface area contributed by atoms with Gasteiger partial charge >= 0.3 is 0 Å². The highest BCUT2D eigenvalue weighted by atomic mass is 35.5. The summed E-state index contributed by atoms with van der Waals surface area (Å²) in [4.78, 5) is 16.9. The van der Waals surface area contributed by atoms with E-state index in [1.54, 1.807) is 44.4 Å². The van der Waals surface area contributed by atoms with Crippen molar-refractivity contribution in [3.63, 3.8) is 0 Å². The summed E-state index contributed by atoms with van der Waals surface area (Å²) in [5.41, 5.74) is 1.37. The Labute approximate surface area is 155 Å². The molecule has 0 spiro atoms. The van der Waals surface area contributed by atoms with Crippen molar-refractivity contribution in [1.29, 1.82) is 0 Å². The number of nitrogens with zero attached hydrogens (tertiary/aromatic N) is 1. The van der Waals surface area contributed by atoms with Crippen LogP contribution < -0.4 is 14.8 Å². The minimum absolute atomic E-state index is 0.190. The second kappa shape index (κ2) is 7.49. The number of aromatic nitrogens is 1. The van der Waals surface area contributed by atoms with Gasteiger partial charge in [0, 0.05) is 11.6 Å². The highest BCUT2D eigenvalue weighted by Crippen LogP contribution is 2.28. The Balaban J connectivity index is 1.85. The normalized spacial score (nSPS) is 10.5. The van der Waals surface area contributed by atoms with Gasteiger partial charge in [-0.25, -0.2) is 4.98 Å². The molecule has 7 heteroatoms. The fraction of sp³-hybridized carbons (Fsp3) is 0.158. The summed E-state index contributed by atoms with van der Waals surface area (Å²) in [7, 11) is 3.13. The smallest absolute Gasteiger partial charge is 0.277 e. The van der Waals surface area contributed by atoms with E-state index >= 15 is 0 Å². The molecule has 26 heavy (non-hydrogen) atoms. The molecular formula is C19H17ClN2O4. The van der Waals surface area contributed by atoms with Gasteiger partial charge in [0.2, 0.25) is 5.89 Å². The van der Waals surface area contributed by atoms with Crippen molar-refractivity contribution in [2.75, 3.05) is 19.5 Å². The molecule has 0 unspecified atom stereocenters. The maximum absolute atomic E-state index is 12.6. The van der Waals surface area contributed by atoms with Crippen molar-refractivity contribution in [3.8, 4) is 23.0 Å². The molecule has 3 aromatic rings. The molecule has 2 aromatic carbocycles. The molecule has 1 N–H and O–H groups in total. The molecule has 0 aliphatic heterocycles. The van der Waals surface area contributed by atoms with E-state index in [4.69, 9.17) is 25.5 Å². The van der Waals surface area contributed by atoms with Gasteiger partial charge in [-0.2, -0.15) is 0 Å². The van der Waals surface area contributed by atoms with Crippen molar-refractivity contribution < 1.29 is 18.7 Å². The largest absolute Gasteiger partial charge is 0.497 e. The Morgan fingerprint density at radius 2 is 1.73 bits per heavy atom. The van der Waals surface area contributed by atoms with Crippen molar-refractivity contribution in [2.45, 2.75) is 6.92 Å². The summed E-state index contributed by atoms with van der Waals surface area (Å²) < 4.78 is 15.9. The molecular weight excluding hydrogens is 356 g/mol.